The molecule has 2 rings (SSSR count). The third kappa shape index (κ3) is 2.93. The number of nitrogens with zero attached hydrogens (tertiary/aromatic N) is 1. The second-order valence-electron chi connectivity index (χ2n) is 4.75. The molecule has 1 N–H and O–H groups in total. The Morgan fingerprint density at radius 3 is 2.68 bits per heavy atom. The molecule has 1 heterocycles. The number of benzene rings is 1. The topological polar surface area (TPSA) is 66.8 Å². The van der Waals surface area contributed by atoms with E-state index in [1.807, 2.05) is 26.0 Å². The number of aliphatic carboxylic acids is 1. The van der Waals surface area contributed by atoms with Gasteiger partial charge in [-0.3, -0.25) is 4.79 Å². The third-order valence-electron chi connectivity index (χ3n) is 3.38. The summed E-state index contributed by atoms with van der Waals surface area (Å²) in [5.74, 6) is -1.17. The lowest BCUT2D eigenvalue weighted by Gasteiger charge is -2.31. The van der Waals surface area contributed by atoms with E-state index in [0.29, 0.717) is 12.1 Å². The Balaban J connectivity index is 2.14. The first kappa shape index (κ1) is 13.5. The van der Waals surface area contributed by atoms with Crippen molar-refractivity contribution >= 4 is 11.9 Å². The minimum Gasteiger partial charge on any atom is -0.479 e. The van der Waals surface area contributed by atoms with E-state index in [0.717, 1.165) is 11.1 Å². The highest BCUT2D eigenvalue weighted by molar-refractivity contribution is 5.95. The molecule has 0 aromatic heterocycles. The average Bonchev–Trinajstić information content (AvgIpc) is 2.41. The fraction of sp³-hybridized carbons (Fsp3) is 0.429. The van der Waals surface area contributed by atoms with Crippen LogP contribution in [0, 0.1) is 13.8 Å². The van der Waals surface area contributed by atoms with Crippen LogP contribution in [-0.4, -0.2) is 47.7 Å². The molecule has 1 aliphatic rings. The number of aryl methyl sites for hydroxylation is 2. The summed E-state index contributed by atoms with van der Waals surface area (Å²) >= 11 is 0. The standard InChI is InChI=1S/C14H17NO4/c1-9-3-4-11(7-10(9)2)13(16)15-5-6-19-12(8-15)14(17)18/h3-4,7,12H,5-6,8H2,1-2H3,(H,17,18). The van der Waals surface area contributed by atoms with Crippen LogP contribution in [-0.2, 0) is 9.53 Å². The van der Waals surface area contributed by atoms with Crippen LogP contribution in [0.25, 0.3) is 0 Å². The van der Waals surface area contributed by atoms with Crippen LogP contribution in [0.5, 0.6) is 0 Å². The van der Waals surface area contributed by atoms with E-state index in [9.17, 15) is 9.59 Å². The van der Waals surface area contributed by atoms with Gasteiger partial charge in [0.05, 0.1) is 13.2 Å². The van der Waals surface area contributed by atoms with Crippen molar-refractivity contribution in [2.75, 3.05) is 19.7 Å². The largest absolute Gasteiger partial charge is 0.479 e. The maximum atomic E-state index is 12.3. The van der Waals surface area contributed by atoms with Gasteiger partial charge < -0.3 is 14.7 Å². The van der Waals surface area contributed by atoms with E-state index in [-0.39, 0.29) is 19.1 Å². The molecule has 1 unspecified atom stereocenters. The summed E-state index contributed by atoms with van der Waals surface area (Å²) in [6.45, 7) is 4.72. The van der Waals surface area contributed by atoms with Crippen LogP contribution < -0.4 is 0 Å². The van der Waals surface area contributed by atoms with Gasteiger partial charge in [-0.2, -0.15) is 0 Å². The van der Waals surface area contributed by atoms with Crippen LogP contribution in [0.3, 0.4) is 0 Å². The van der Waals surface area contributed by atoms with E-state index >= 15 is 0 Å². The summed E-state index contributed by atoms with van der Waals surface area (Å²) < 4.78 is 5.11. The highest BCUT2D eigenvalue weighted by atomic mass is 16.5. The maximum absolute atomic E-state index is 12.3. The van der Waals surface area contributed by atoms with Crippen molar-refractivity contribution in [1.82, 2.24) is 4.90 Å². The zero-order valence-electron chi connectivity index (χ0n) is 11.0. The first-order valence-electron chi connectivity index (χ1n) is 6.20. The Kier molecular flexibility index (Phi) is 3.85. The number of amides is 1. The number of carboxylic acid groups (broad SMARTS) is 1. The maximum Gasteiger partial charge on any atom is 0.334 e. The van der Waals surface area contributed by atoms with Gasteiger partial charge in [0.2, 0.25) is 0 Å². The highest BCUT2D eigenvalue weighted by Crippen LogP contribution is 2.14. The molecule has 1 atom stereocenters. The SMILES string of the molecule is Cc1ccc(C(=O)N2CCOC(C(=O)O)C2)cc1C. The molecule has 0 spiro atoms. The van der Waals surface area contributed by atoms with E-state index in [4.69, 9.17) is 9.84 Å². The number of rotatable bonds is 2. The number of ether oxygens (including phenoxy) is 1. The first-order valence-corrected chi connectivity index (χ1v) is 6.20. The van der Waals surface area contributed by atoms with Crippen LogP contribution in [0.15, 0.2) is 18.2 Å². The van der Waals surface area contributed by atoms with Crippen molar-refractivity contribution in [3.63, 3.8) is 0 Å². The molecule has 0 radical (unpaired) electrons. The molecule has 1 aliphatic heterocycles. The summed E-state index contributed by atoms with van der Waals surface area (Å²) in [5.41, 5.74) is 2.77. The van der Waals surface area contributed by atoms with Crippen molar-refractivity contribution in [2.45, 2.75) is 20.0 Å². The summed E-state index contributed by atoms with van der Waals surface area (Å²) in [6, 6.07) is 5.51. The van der Waals surface area contributed by atoms with Gasteiger partial charge in [-0.15, -0.1) is 0 Å². The molecule has 0 bridgehead atoms. The van der Waals surface area contributed by atoms with Gasteiger partial charge in [-0.25, -0.2) is 4.79 Å². The molecule has 1 aromatic rings. The van der Waals surface area contributed by atoms with Crippen molar-refractivity contribution in [3.05, 3.63) is 34.9 Å². The predicted molar refractivity (Wildman–Crippen MR) is 69.2 cm³/mol. The Hall–Kier alpha value is -1.88. The van der Waals surface area contributed by atoms with E-state index in [1.165, 1.54) is 4.90 Å². The molecule has 5 nitrogen and oxygen atoms in total. The van der Waals surface area contributed by atoms with Gasteiger partial charge in [-0.1, -0.05) is 6.07 Å². The summed E-state index contributed by atoms with van der Waals surface area (Å²) in [5, 5.41) is 8.93. The van der Waals surface area contributed by atoms with Crippen molar-refractivity contribution in [2.24, 2.45) is 0 Å². The van der Waals surface area contributed by atoms with Crippen molar-refractivity contribution in [1.29, 1.82) is 0 Å². The van der Waals surface area contributed by atoms with Crippen LogP contribution >= 0.6 is 0 Å². The van der Waals surface area contributed by atoms with Crippen LogP contribution in [0.2, 0.25) is 0 Å². The van der Waals surface area contributed by atoms with E-state index < -0.39 is 12.1 Å². The van der Waals surface area contributed by atoms with Gasteiger partial charge >= 0.3 is 5.97 Å². The van der Waals surface area contributed by atoms with Gasteiger partial charge in [-0.05, 0) is 37.1 Å². The summed E-state index contributed by atoms with van der Waals surface area (Å²) in [7, 11) is 0. The van der Waals surface area contributed by atoms with Gasteiger partial charge in [0, 0.05) is 12.1 Å². The molecular weight excluding hydrogens is 246 g/mol. The van der Waals surface area contributed by atoms with Crippen LogP contribution in [0.4, 0.5) is 0 Å². The minimum absolute atomic E-state index is 0.0983. The number of hydrogen-bond acceptors (Lipinski definition) is 3. The molecule has 1 fully saturated rings. The molecule has 19 heavy (non-hydrogen) atoms. The molecular formula is C14H17NO4. The number of carboxylic acids is 1. The number of carbonyl (C=O) groups excluding carboxylic acids is 1. The second-order valence-corrected chi connectivity index (χ2v) is 4.75. The lowest BCUT2D eigenvalue weighted by atomic mass is 10.1. The normalized spacial score (nSPS) is 19.3. The van der Waals surface area contributed by atoms with E-state index in [1.54, 1.807) is 6.07 Å². The quantitative estimate of drug-likeness (QED) is 0.871. The zero-order valence-corrected chi connectivity index (χ0v) is 11.0. The third-order valence-corrected chi connectivity index (χ3v) is 3.38. The zero-order chi connectivity index (χ0) is 14.0. The molecule has 102 valence electrons. The lowest BCUT2D eigenvalue weighted by Crippen LogP contribution is -2.48. The minimum atomic E-state index is -1.03. The Bertz CT molecular complexity index is 512. The predicted octanol–water partition coefficient (Wildman–Crippen LogP) is 1.23. The molecule has 0 aliphatic carbocycles. The highest BCUT2D eigenvalue weighted by Gasteiger charge is 2.29. The molecule has 5 heteroatoms. The lowest BCUT2D eigenvalue weighted by molar-refractivity contribution is -0.154. The number of hydrogen-bond donors (Lipinski definition) is 1. The van der Waals surface area contributed by atoms with E-state index in [2.05, 4.69) is 0 Å². The van der Waals surface area contributed by atoms with Gasteiger partial charge in [0.1, 0.15) is 0 Å². The summed E-state index contributed by atoms with van der Waals surface area (Å²) in [4.78, 5) is 24.7. The fourth-order valence-electron chi connectivity index (χ4n) is 2.04. The molecule has 1 aromatic carbocycles. The van der Waals surface area contributed by atoms with Crippen molar-refractivity contribution < 1.29 is 19.4 Å². The van der Waals surface area contributed by atoms with Gasteiger partial charge in [0.15, 0.2) is 6.10 Å². The monoisotopic (exact) mass is 263 g/mol. The second kappa shape index (κ2) is 5.40. The number of morpholine rings is 1. The number of carbonyl (C=O) groups is 2. The fourth-order valence-corrected chi connectivity index (χ4v) is 2.04. The molecule has 0 saturated carbocycles. The van der Waals surface area contributed by atoms with Gasteiger partial charge in [0.25, 0.3) is 5.91 Å². The average molecular weight is 263 g/mol. The van der Waals surface area contributed by atoms with Crippen molar-refractivity contribution in [3.8, 4) is 0 Å². The first-order chi connectivity index (χ1) is 8.99. The Labute approximate surface area is 111 Å². The molecule has 1 saturated heterocycles. The Morgan fingerprint density at radius 1 is 1.32 bits per heavy atom. The Morgan fingerprint density at radius 2 is 2.05 bits per heavy atom. The van der Waals surface area contributed by atoms with Crippen LogP contribution in [0.1, 0.15) is 21.5 Å². The smallest absolute Gasteiger partial charge is 0.334 e. The summed E-state index contributed by atoms with van der Waals surface area (Å²) in [6.07, 6.45) is -0.927. The molecule has 1 amide bonds.